The predicted molar refractivity (Wildman–Crippen MR) is 61.5 cm³/mol. The van der Waals surface area contributed by atoms with Crippen molar-refractivity contribution in [2.24, 2.45) is 0 Å². The summed E-state index contributed by atoms with van der Waals surface area (Å²) in [6, 6.07) is 0.184. The maximum absolute atomic E-state index is 11.3. The molecule has 0 aliphatic carbocycles. The number of aliphatic hydroxyl groups excluding tert-OH is 1. The summed E-state index contributed by atoms with van der Waals surface area (Å²) in [4.78, 5) is 11.3. The highest BCUT2D eigenvalue weighted by Crippen LogP contribution is 2.00. The highest BCUT2D eigenvalue weighted by molar-refractivity contribution is 7.98. The smallest absolute Gasteiger partial charge is 0.220 e. The molecule has 1 unspecified atom stereocenters. The molecule has 0 bridgehead atoms. The molecule has 0 aliphatic heterocycles. The highest BCUT2D eigenvalue weighted by Gasteiger charge is 2.05. The summed E-state index contributed by atoms with van der Waals surface area (Å²) >= 11 is 1.76. The van der Waals surface area contributed by atoms with Crippen molar-refractivity contribution in [2.45, 2.75) is 38.6 Å². The van der Waals surface area contributed by atoms with Gasteiger partial charge in [-0.25, -0.2) is 0 Å². The van der Waals surface area contributed by atoms with Crippen LogP contribution in [0.15, 0.2) is 0 Å². The van der Waals surface area contributed by atoms with E-state index >= 15 is 0 Å². The number of amides is 1. The van der Waals surface area contributed by atoms with Crippen molar-refractivity contribution in [3.8, 4) is 0 Å². The van der Waals surface area contributed by atoms with E-state index < -0.39 is 0 Å². The van der Waals surface area contributed by atoms with Crippen molar-refractivity contribution in [2.75, 3.05) is 18.6 Å². The van der Waals surface area contributed by atoms with Gasteiger partial charge in [-0.15, -0.1) is 0 Å². The summed E-state index contributed by atoms with van der Waals surface area (Å²) in [7, 11) is 0. The Balaban J connectivity index is 3.40. The van der Waals surface area contributed by atoms with Crippen LogP contribution in [0.5, 0.6) is 0 Å². The van der Waals surface area contributed by atoms with Crippen LogP contribution in [-0.4, -0.2) is 35.7 Å². The molecule has 3 nitrogen and oxygen atoms in total. The molecule has 0 saturated heterocycles. The van der Waals surface area contributed by atoms with E-state index in [0.29, 0.717) is 6.42 Å². The van der Waals surface area contributed by atoms with E-state index in [-0.39, 0.29) is 18.6 Å². The first kappa shape index (κ1) is 13.8. The van der Waals surface area contributed by atoms with E-state index in [4.69, 9.17) is 5.11 Å². The van der Waals surface area contributed by atoms with Crippen LogP contribution in [0.2, 0.25) is 0 Å². The van der Waals surface area contributed by atoms with Gasteiger partial charge in [-0.2, -0.15) is 11.8 Å². The Bertz CT molecular complexity index is 153. The lowest BCUT2D eigenvalue weighted by Gasteiger charge is -2.12. The van der Waals surface area contributed by atoms with E-state index in [1.807, 2.05) is 13.2 Å². The second-order valence-corrected chi connectivity index (χ2v) is 4.42. The Morgan fingerprint density at radius 1 is 1.50 bits per heavy atom. The van der Waals surface area contributed by atoms with Crippen LogP contribution in [-0.2, 0) is 4.79 Å². The lowest BCUT2D eigenvalue weighted by Crippen LogP contribution is -2.32. The molecule has 0 heterocycles. The van der Waals surface area contributed by atoms with Crippen molar-refractivity contribution >= 4 is 17.7 Å². The molecular weight excluding hydrogens is 198 g/mol. The fraction of sp³-hybridized carbons (Fsp3) is 0.900. The molecule has 0 aliphatic rings. The van der Waals surface area contributed by atoms with Gasteiger partial charge in [0.25, 0.3) is 0 Å². The zero-order chi connectivity index (χ0) is 10.8. The highest BCUT2D eigenvalue weighted by atomic mass is 32.2. The molecule has 0 saturated carbocycles. The van der Waals surface area contributed by atoms with Gasteiger partial charge in [-0.1, -0.05) is 0 Å². The largest absolute Gasteiger partial charge is 0.396 e. The van der Waals surface area contributed by atoms with E-state index in [1.54, 1.807) is 11.8 Å². The Morgan fingerprint density at radius 3 is 2.79 bits per heavy atom. The monoisotopic (exact) mass is 219 g/mol. The van der Waals surface area contributed by atoms with Gasteiger partial charge in [0.15, 0.2) is 0 Å². The zero-order valence-corrected chi connectivity index (χ0v) is 9.90. The van der Waals surface area contributed by atoms with E-state index in [0.717, 1.165) is 25.0 Å². The fourth-order valence-corrected chi connectivity index (χ4v) is 1.63. The molecule has 0 rings (SSSR count). The van der Waals surface area contributed by atoms with Crippen molar-refractivity contribution in [3.63, 3.8) is 0 Å². The Kier molecular flexibility index (Phi) is 9.19. The van der Waals surface area contributed by atoms with Crippen molar-refractivity contribution in [3.05, 3.63) is 0 Å². The van der Waals surface area contributed by atoms with Crippen LogP contribution in [0.25, 0.3) is 0 Å². The number of nitrogens with one attached hydrogen (secondary N) is 1. The van der Waals surface area contributed by atoms with Crippen molar-refractivity contribution < 1.29 is 9.90 Å². The normalized spacial score (nSPS) is 12.5. The molecule has 4 heteroatoms. The first-order valence-corrected chi connectivity index (χ1v) is 6.49. The average Bonchev–Trinajstić information content (AvgIpc) is 2.15. The third kappa shape index (κ3) is 8.38. The molecule has 1 atom stereocenters. The molecule has 84 valence electrons. The molecule has 14 heavy (non-hydrogen) atoms. The molecule has 1 amide bonds. The summed E-state index contributed by atoms with van der Waals surface area (Å²) in [6.07, 6.45) is 5.21. The Morgan fingerprint density at radius 2 is 2.21 bits per heavy atom. The van der Waals surface area contributed by atoms with Gasteiger partial charge in [-0.3, -0.25) is 4.79 Å². The molecule has 2 N–H and O–H groups in total. The maximum Gasteiger partial charge on any atom is 0.220 e. The molecule has 0 fully saturated rings. The average molecular weight is 219 g/mol. The van der Waals surface area contributed by atoms with Gasteiger partial charge in [0.2, 0.25) is 5.91 Å². The number of aliphatic hydroxyl groups is 1. The molecule has 0 aromatic carbocycles. The minimum atomic E-state index is 0.129. The lowest BCUT2D eigenvalue weighted by molar-refractivity contribution is -0.121. The topological polar surface area (TPSA) is 49.3 Å². The zero-order valence-electron chi connectivity index (χ0n) is 9.08. The van der Waals surface area contributed by atoms with Crippen LogP contribution in [0.4, 0.5) is 0 Å². The summed E-state index contributed by atoms with van der Waals surface area (Å²) in [5.41, 5.74) is 0. The van der Waals surface area contributed by atoms with E-state index in [9.17, 15) is 4.79 Å². The third-order valence-electron chi connectivity index (χ3n) is 1.95. The number of rotatable bonds is 8. The maximum atomic E-state index is 11.3. The first-order valence-electron chi connectivity index (χ1n) is 5.10. The molecule has 0 aromatic heterocycles. The summed E-state index contributed by atoms with van der Waals surface area (Å²) in [5.74, 6) is 1.17. The van der Waals surface area contributed by atoms with Gasteiger partial charge in [0.1, 0.15) is 0 Å². The molecular formula is C10H21NO2S. The number of hydrogen-bond acceptors (Lipinski definition) is 3. The summed E-state index contributed by atoms with van der Waals surface area (Å²) in [6.45, 7) is 2.18. The van der Waals surface area contributed by atoms with Crippen LogP contribution in [0.1, 0.15) is 32.6 Å². The minimum Gasteiger partial charge on any atom is -0.396 e. The Hall–Kier alpha value is -0.220. The fourth-order valence-electron chi connectivity index (χ4n) is 1.19. The van der Waals surface area contributed by atoms with Gasteiger partial charge in [-0.05, 0) is 38.2 Å². The second-order valence-electron chi connectivity index (χ2n) is 3.43. The van der Waals surface area contributed by atoms with Gasteiger partial charge in [0.05, 0.1) is 0 Å². The lowest BCUT2D eigenvalue weighted by atomic mass is 10.2. The summed E-state index contributed by atoms with van der Waals surface area (Å²) < 4.78 is 0. The standard InChI is InChI=1S/C10H21NO2S/c1-9(5-3-7-12)11-10(13)6-4-8-14-2/h9,12H,3-8H2,1-2H3,(H,11,13). The van der Waals surface area contributed by atoms with Gasteiger partial charge < -0.3 is 10.4 Å². The quantitative estimate of drug-likeness (QED) is 0.607. The SMILES string of the molecule is CSCCCC(=O)NC(C)CCCO. The van der Waals surface area contributed by atoms with Crippen molar-refractivity contribution in [1.82, 2.24) is 5.32 Å². The van der Waals surface area contributed by atoms with Crippen LogP contribution < -0.4 is 5.32 Å². The number of carbonyl (C=O) groups excluding carboxylic acids is 1. The molecule has 0 radical (unpaired) electrons. The third-order valence-corrected chi connectivity index (χ3v) is 2.65. The number of thioether (sulfide) groups is 1. The first-order chi connectivity index (χ1) is 6.70. The van der Waals surface area contributed by atoms with Crippen LogP contribution >= 0.6 is 11.8 Å². The predicted octanol–water partition coefficient (Wildman–Crippen LogP) is 1.41. The number of carbonyl (C=O) groups is 1. The van der Waals surface area contributed by atoms with E-state index in [1.165, 1.54) is 0 Å². The molecule has 0 aromatic rings. The van der Waals surface area contributed by atoms with Crippen LogP contribution in [0.3, 0.4) is 0 Å². The Labute approximate surface area is 90.7 Å². The second kappa shape index (κ2) is 9.34. The molecule has 0 spiro atoms. The van der Waals surface area contributed by atoms with Crippen LogP contribution in [0, 0.1) is 0 Å². The van der Waals surface area contributed by atoms with E-state index in [2.05, 4.69) is 5.32 Å². The summed E-state index contributed by atoms with van der Waals surface area (Å²) in [5, 5.41) is 11.5. The van der Waals surface area contributed by atoms with Crippen molar-refractivity contribution in [1.29, 1.82) is 0 Å². The number of hydrogen-bond donors (Lipinski definition) is 2. The van der Waals surface area contributed by atoms with Gasteiger partial charge >= 0.3 is 0 Å². The van der Waals surface area contributed by atoms with Gasteiger partial charge in [0, 0.05) is 19.1 Å². The minimum absolute atomic E-state index is 0.129.